The van der Waals surface area contributed by atoms with Crippen LogP contribution >= 0.6 is 11.6 Å². The van der Waals surface area contributed by atoms with Crippen LogP contribution in [0.15, 0.2) is 66.7 Å². The molecule has 2 aliphatic rings. The van der Waals surface area contributed by atoms with Crippen LogP contribution in [0.25, 0.3) is 0 Å². The van der Waals surface area contributed by atoms with E-state index in [0.29, 0.717) is 24.3 Å². The Balaban J connectivity index is 1.53. The van der Waals surface area contributed by atoms with Gasteiger partial charge in [0.25, 0.3) is 0 Å². The molecular weight excluding hydrogens is 564 g/mol. The van der Waals surface area contributed by atoms with E-state index in [1.165, 1.54) is 6.92 Å². The molecule has 0 N–H and O–H groups in total. The molecule has 0 amide bonds. The van der Waals surface area contributed by atoms with Crippen LogP contribution in [0.5, 0.6) is 0 Å². The molecular formula is C29H28ClF2NO6S. The number of hydrogen-bond donors (Lipinski definition) is 0. The minimum absolute atomic E-state index is 0.00760. The quantitative estimate of drug-likeness (QED) is 0.335. The molecule has 212 valence electrons. The second kappa shape index (κ2) is 11.2. The predicted molar refractivity (Wildman–Crippen MR) is 144 cm³/mol. The van der Waals surface area contributed by atoms with E-state index in [1.54, 1.807) is 12.1 Å². The molecule has 0 aliphatic carbocycles. The molecule has 0 bridgehead atoms. The second-order valence-electron chi connectivity index (χ2n) is 10.2. The molecule has 5 rings (SSSR count). The Morgan fingerprint density at radius 3 is 1.98 bits per heavy atom. The molecule has 3 aromatic rings. The van der Waals surface area contributed by atoms with Crippen LogP contribution in [0.4, 0.5) is 8.78 Å². The number of nitrogens with zero attached hydrogens (tertiary/aromatic N) is 1. The summed E-state index contributed by atoms with van der Waals surface area (Å²) in [6.45, 7) is 2.20. The van der Waals surface area contributed by atoms with Crippen molar-refractivity contribution < 1.29 is 36.2 Å². The monoisotopic (exact) mass is 591 g/mol. The molecule has 7 nitrogen and oxygen atoms in total. The Morgan fingerprint density at radius 2 is 1.48 bits per heavy atom. The summed E-state index contributed by atoms with van der Waals surface area (Å²) in [6, 6.07) is 17.1. The van der Waals surface area contributed by atoms with E-state index in [2.05, 4.69) is 0 Å². The topological polar surface area (TPSA) is 82.1 Å². The fourth-order valence-electron chi connectivity index (χ4n) is 5.71. The first-order valence-electron chi connectivity index (χ1n) is 12.6. The van der Waals surface area contributed by atoms with Gasteiger partial charge in [-0.1, -0.05) is 48.0 Å². The molecule has 11 heteroatoms. The van der Waals surface area contributed by atoms with Crippen molar-refractivity contribution in [3.63, 3.8) is 0 Å². The van der Waals surface area contributed by atoms with Gasteiger partial charge in [-0.05, 0) is 41.0 Å². The van der Waals surface area contributed by atoms with Gasteiger partial charge in [0.1, 0.15) is 16.9 Å². The summed E-state index contributed by atoms with van der Waals surface area (Å²) in [7, 11) is -4.00. The van der Waals surface area contributed by atoms with Gasteiger partial charge in [0, 0.05) is 42.9 Å². The summed E-state index contributed by atoms with van der Waals surface area (Å²) in [5.41, 5.74) is 0.919. The maximum atomic E-state index is 14.2. The Morgan fingerprint density at radius 1 is 0.950 bits per heavy atom. The molecule has 0 aromatic heterocycles. The van der Waals surface area contributed by atoms with E-state index >= 15 is 0 Å². The number of esters is 1. The van der Waals surface area contributed by atoms with Gasteiger partial charge >= 0.3 is 5.97 Å². The number of rotatable bonds is 8. The summed E-state index contributed by atoms with van der Waals surface area (Å²) >= 11 is 6.14. The third kappa shape index (κ3) is 5.91. The first-order valence-corrected chi connectivity index (χ1v) is 15.0. The molecule has 3 aromatic carbocycles. The Hall–Kier alpha value is -2.89. The third-order valence-corrected chi connectivity index (χ3v) is 8.89. The molecule has 0 unspecified atom stereocenters. The molecule has 0 saturated carbocycles. The lowest BCUT2D eigenvalue weighted by molar-refractivity contribution is -0.182. The summed E-state index contributed by atoms with van der Waals surface area (Å²) in [6.07, 6.45) is 0.530. The van der Waals surface area contributed by atoms with Gasteiger partial charge in [-0.2, -0.15) is 0 Å². The van der Waals surface area contributed by atoms with E-state index in [0.717, 1.165) is 35.1 Å². The number of carbonyl (C=O) groups excluding carboxylic acids is 1. The molecule has 2 saturated heterocycles. The standard InChI is InChI=1S/C29H28ClF2NO6S/c1-18(34)39-29(27(40(2,35)36)22-13-24(31)15-25(32)14-22)16-33(17-29)26(20-7-9-23(30)10-8-20)19-3-5-21(6-4-19)28-37-11-12-38-28/h3-10,13-15,26-28H,11-12,16-17H2,1-2H3/t26-,27+/m1/s1. The van der Waals surface area contributed by atoms with E-state index in [1.807, 2.05) is 41.3 Å². The normalized spacial score (nSPS) is 19.1. The summed E-state index contributed by atoms with van der Waals surface area (Å²) in [5.74, 6) is -2.55. The largest absolute Gasteiger partial charge is 0.455 e. The van der Waals surface area contributed by atoms with Crippen LogP contribution in [0.1, 0.15) is 46.8 Å². The third-order valence-electron chi connectivity index (χ3n) is 7.08. The van der Waals surface area contributed by atoms with E-state index in [4.69, 9.17) is 25.8 Å². The maximum absolute atomic E-state index is 14.2. The number of halogens is 3. The molecule has 40 heavy (non-hydrogen) atoms. The fourth-order valence-corrected chi connectivity index (χ4v) is 7.44. The lowest BCUT2D eigenvalue weighted by atomic mass is 9.82. The minimum atomic E-state index is -4.00. The van der Waals surface area contributed by atoms with Crippen molar-refractivity contribution in [2.75, 3.05) is 32.6 Å². The highest BCUT2D eigenvalue weighted by Gasteiger charge is 2.58. The van der Waals surface area contributed by atoms with Crippen molar-refractivity contribution in [2.24, 2.45) is 0 Å². The van der Waals surface area contributed by atoms with E-state index < -0.39 is 44.6 Å². The van der Waals surface area contributed by atoms with Crippen molar-refractivity contribution in [2.45, 2.75) is 30.1 Å². The molecule has 2 aliphatic heterocycles. The van der Waals surface area contributed by atoms with Gasteiger partial charge in [-0.25, -0.2) is 17.2 Å². The minimum Gasteiger partial charge on any atom is -0.455 e. The number of likely N-dealkylation sites (tertiary alicyclic amines) is 1. The molecule has 2 fully saturated rings. The highest BCUT2D eigenvalue weighted by molar-refractivity contribution is 7.91. The number of sulfone groups is 1. The van der Waals surface area contributed by atoms with E-state index in [-0.39, 0.29) is 24.7 Å². The van der Waals surface area contributed by atoms with Crippen molar-refractivity contribution in [3.8, 4) is 0 Å². The maximum Gasteiger partial charge on any atom is 0.303 e. The summed E-state index contributed by atoms with van der Waals surface area (Å²) in [4.78, 5) is 14.2. The molecule has 0 radical (unpaired) electrons. The first kappa shape index (κ1) is 28.6. The zero-order chi connectivity index (χ0) is 28.7. The van der Waals surface area contributed by atoms with Crippen LogP contribution in [0, 0.1) is 11.6 Å². The number of hydrogen-bond acceptors (Lipinski definition) is 7. The zero-order valence-electron chi connectivity index (χ0n) is 21.9. The van der Waals surface area contributed by atoms with Crippen LogP contribution in [0.3, 0.4) is 0 Å². The fraction of sp³-hybridized carbons (Fsp3) is 0.345. The lowest BCUT2D eigenvalue weighted by Crippen LogP contribution is -2.68. The second-order valence-corrected chi connectivity index (χ2v) is 12.7. The van der Waals surface area contributed by atoms with Crippen LogP contribution in [-0.4, -0.2) is 57.4 Å². The van der Waals surface area contributed by atoms with E-state index in [9.17, 15) is 22.0 Å². The number of ether oxygens (including phenoxy) is 3. The van der Waals surface area contributed by atoms with Gasteiger partial charge in [0.2, 0.25) is 0 Å². The highest BCUT2D eigenvalue weighted by atomic mass is 35.5. The molecule has 2 heterocycles. The SMILES string of the molecule is CC(=O)OC1([C@H](c2cc(F)cc(F)c2)S(C)(=O)=O)CN([C@@H](c2ccc(Cl)cc2)c2ccc(C3OCCO3)cc2)C1. The van der Waals surface area contributed by atoms with Crippen LogP contribution < -0.4 is 0 Å². The smallest absolute Gasteiger partial charge is 0.303 e. The predicted octanol–water partition coefficient (Wildman–Crippen LogP) is 5.16. The van der Waals surface area contributed by atoms with Gasteiger partial charge in [0.15, 0.2) is 21.7 Å². The van der Waals surface area contributed by atoms with Gasteiger partial charge in [-0.3, -0.25) is 9.69 Å². The summed E-state index contributed by atoms with van der Waals surface area (Å²) < 4.78 is 71.5. The average Bonchev–Trinajstić information content (AvgIpc) is 3.38. The summed E-state index contributed by atoms with van der Waals surface area (Å²) in [5, 5.41) is -0.938. The van der Waals surface area contributed by atoms with Crippen molar-refractivity contribution in [1.82, 2.24) is 4.90 Å². The highest BCUT2D eigenvalue weighted by Crippen LogP contribution is 2.47. The lowest BCUT2D eigenvalue weighted by Gasteiger charge is -2.54. The van der Waals surface area contributed by atoms with Gasteiger partial charge in [0.05, 0.1) is 19.3 Å². The van der Waals surface area contributed by atoms with Crippen LogP contribution in [0.2, 0.25) is 5.02 Å². The average molecular weight is 592 g/mol. The van der Waals surface area contributed by atoms with Crippen molar-refractivity contribution in [3.05, 3.63) is 106 Å². The van der Waals surface area contributed by atoms with Crippen molar-refractivity contribution >= 4 is 27.4 Å². The number of carbonyl (C=O) groups is 1. The number of benzene rings is 3. The Bertz CT molecular complexity index is 1470. The van der Waals surface area contributed by atoms with Gasteiger partial charge < -0.3 is 14.2 Å². The molecule has 0 spiro atoms. The molecule has 2 atom stereocenters. The van der Waals surface area contributed by atoms with Crippen LogP contribution in [-0.2, 0) is 28.8 Å². The Labute approximate surface area is 236 Å². The first-order chi connectivity index (χ1) is 18.9. The van der Waals surface area contributed by atoms with Crippen molar-refractivity contribution in [1.29, 1.82) is 0 Å². The zero-order valence-corrected chi connectivity index (χ0v) is 23.4. The Kier molecular flexibility index (Phi) is 8.00. The van der Waals surface area contributed by atoms with Gasteiger partial charge in [-0.15, -0.1) is 0 Å².